The number of carbonyl (C=O) groups excluding carboxylic acids is 1. The van der Waals surface area contributed by atoms with Gasteiger partial charge in [0.1, 0.15) is 0 Å². The lowest BCUT2D eigenvalue weighted by molar-refractivity contribution is 0.0921. The van der Waals surface area contributed by atoms with E-state index in [-0.39, 0.29) is 5.92 Å². The Morgan fingerprint density at radius 2 is 1.89 bits per heavy atom. The predicted octanol–water partition coefficient (Wildman–Crippen LogP) is 4.85. The molecule has 98 valence electrons. The normalized spacial score (nSPS) is 22.8. The van der Waals surface area contributed by atoms with Gasteiger partial charge < -0.3 is 0 Å². The van der Waals surface area contributed by atoms with Crippen LogP contribution < -0.4 is 0 Å². The number of hydrogen-bond donors (Lipinski definition) is 0. The van der Waals surface area contributed by atoms with Gasteiger partial charge in [0, 0.05) is 11.5 Å². The molecule has 0 aliphatic heterocycles. The molecule has 1 aliphatic carbocycles. The van der Waals surface area contributed by atoms with E-state index in [1.165, 1.54) is 18.2 Å². The zero-order chi connectivity index (χ0) is 13.2. The summed E-state index contributed by atoms with van der Waals surface area (Å²) in [6, 6.07) is 14.3. The molecule has 1 heteroatoms. The van der Waals surface area contributed by atoms with Crippen molar-refractivity contribution in [1.82, 2.24) is 0 Å². The monoisotopic (exact) mass is 252 g/mol. The van der Waals surface area contributed by atoms with Gasteiger partial charge in [-0.1, -0.05) is 55.8 Å². The Balaban J connectivity index is 1.94. The van der Waals surface area contributed by atoms with Crippen LogP contribution in [0.1, 0.15) is 43.0 Å². The van der Waals surface area contributed by atoms with E-state index in [1.54, 1.807) is 0 Å². The number of carbonyl (C=O) groups is 1. The summed E-state index contributed by atoms with van der Waals surface area (Å²) < 4.78 is 0. The standard InChI is InChI=1S/C18H20O/c1-2-13-10-11-15(12-13)18(19)17-9-5-7-14-6-3-4-8-16(14)17/h3-9,13,15H,2,10-12H2,1H3. The first-order valence-corrected chi connectivity index (χ1v) is 7.31. The Morgan fingerprint density at radius 3 is 2.68 bits per heavy atom. The van der Waals surface area contributed by atoms with E-state index in [4.69, 9.17) is 0 Å². The SMILES string of the molecule is CCC1CCC(C(=O)c2cccc3ccccc23)C1. The molecule has 0 heterocycles. The zero-order valence-corrected chi connectivity index (χ0v) is 11.4. The molecule has 0 amide bonds. The molecule has 19 heavy (non-hydrogen) atoms. The third-order valence-electron chi connectivity index (χ3n) is 4.54. The summed E-state index contributed by atoms with van der Waals surface area (Å²) in [7, 11) is 0. The Labute approximate surface area is 114 Å². The van der Waals surface area contributed by atoms with Crippen molar-refractivity contribution in [3.05, 3.63) is 48.0 Å². The van der Waals surface area contributed by atoms with Gasteiger partial charge >= 0.3 is 0 Å². The highest BCUT2D eigenvalue weighted by Crippen LogP contribution is 2.36. The molecule has 1 saturated carbocycles. The van der Waals surface area contributed by atoms with Crippen LogP contribution in [0.25, 0.3) is 10.8 Å². The Bertz CT molecular complexity index is 594. The van der Waals surface area contributed by atoms with Crippen molar-refractivity contribution in [1.29, 1.82) is 0 Å². The molecule has 0 N–H and O–H groups in total. The number of rotatable bonds is 3. The van der Waals surface area contributed by atoms with Crippen LogP contribution in [-0.4, -0.2) is 5.78 Å². The molecule has 0 aromatic heterocycles. The first-order valence-electron chi connectivity index (χ1n) is 7.31. The fraction of sp³-hybridized carbons (Fsp3) is 0.389. The van der Waals surface area contributed by atoms with E-state index < -0.39 is 0 Å². The summed E-state index contributed by atoms with van der Waals surface area (Å²) in [6.07, 6.45) is 4.58. The molecule has 0 bridgehead atoms. The molecule has 3 rings (SSSR count). The molecule has 2 atom stereocenters. The quantitative estimate of drug-likeness (QED) is 0.714. The molecular weight excluding hydrogens is 232 g/mol. The van der Waals surface area contributed by atoms with Crippen LogP contribution >= 0.6 is 0 Å². The maximum absolute atomic E-state index is 12.7. The molecule has 2 aromatic rings. The Morgan fingerprint density at radius 1 is 1.11 bits per heavy atom. The molecule has 0 spiro atoms. The summed E-state index contributed by atoms with van der Waals surface area (Å²) in [5, 5.41) is 2.27. The number of Topliss-reactive ketones (excluding diaryl/α,β-unsaturated/α-hetero) is 1. The van der Waals surface area contributed by atoms with E-state index in [9.17, 15) is 4.79 Å². The lowest BCUT2D eigenvalue weighted by atomic mass is 9.91. The van der Waals surface area contributed by atoms with E-state index in [0.717, 1.165) is 29.7 Å². The predicted molar refractivity (Wildman–Crippen MR) is 79.4 cm³/mol. The van der Waals surface area contributed by atoms with E-state index >= 15 is 0 Å². The average molecular weight is 252 g/mol. The van der Waals surface area contributed by atoms with Crippen molar-refractivity contribution in [2.75, 3.05) is 0 Å². The minimum Gasteiger partial charge on any atom is -0.294 e. The van der Waals surface area contributed by atoms with E-state index in [2.05, 4.69) is 25.1 Å². The van der Waals surface area contributed by atoms with Gasteiger partial charge in [-0.3, -0.25) is 4.79 Å². The number of fused-ring (bicyclic) bond motifs is 1. The first-order chi connectivity index (χ1) is 9.29. The highest BCUT2D eigenvalue weighted by atomic mass is 16.1. The van der Waals surface area contributed by atoms with Gasteiger partial charge in [0.05, 0.1) is 0 Å². The molecule has 2 aromatic carbocycles. The molecular formula is C18H20O. The van der Waals surface area contributed by atoms with Gasteiger partial charge in [-0.15, -0.1) is 0 Å². The van der Waals surface area contributed by atoms with Crippen LogP contribution in [0.15, 0.2) is 42.5 Å². The molecule has 1 fully saturated rings. The van der Waals surface area contributed by atoms with Crippen molar-refractivity contribution in [3.63, 3.8) is 0 Å². The van der Waals surface area contributed by atoms with Crippen LogP contribution in [0.4, 0.5) is 0 Å². The second-order valence-electron chi connectivity index (χ2n) is 5.68. The Hall–Kier alpha value is -1.63. The van der Waals surface area contributed by atoms with Gasteiger partial charge in [0.15, 0.2) is 5.78 Å². The summed E-state index contributed by atoms with van der Waals surface area (Å²) in [5.41, 5.74) is 0.917. The highest BCUT2D eigenvalue weighted by molar-refractivity contribution is 6.09. The van der Waals surface area contributed by atoms with Crippen LogP contribution in [0.2, 0.25) is 0 Å². The summed E-state index contributed by atoms with van der Waals surface area (Å²) in [6.45, 7) is 2.23. The average Bonchev–Trinajstić information content (AvgIpc) is 2.95. The van der Waals surface area contributed by atoms with Gasteiger partial charge in [-0.25, -0.2) is 0 Å². The molecule has 2 unspecified atom stereocenters. The summed E-state index contributed by atoms with van der Waals surface area (Å²) in [4.78, 5) is 12.7. The van der Waals surface area contributed by atoms with Crippen molar-refractivity contribution >= 4 is 16.6 Å². The fourth-order valence-electron chi connectivity index (χ4n) is 3.34. The Kier molecular flexibility index (Phi) is 3.37. The van der Waals surface area contributed by atoms with Crippen molar-refractivity contribution in [3.8, 4) is 0 Å². The minimum atomic E-state index is 0.246. The number of benzene rings is 2. The third-order valence-corrected chi connectivity index (χ3v) is 4.54. The molecule has 1 aliphatic rings. The third kappa shape index (κ3) is 2.30. The number of ketones is 1. The largest absolute Gasteiger partial charge is 0.294 e. The van der Waals surface area contributed by atoms with Gasteiger partial charge in [0.2, 0.25) is 0 Å². The van der Waals surface area contributed by atoms with Crippen molar-refractivity contribution in [2.45, 2.75) is 32.6 Å². The van der Waals surface area contributed by atoms with Gasteiger partial charge in [-0.2, -0.15) is 0 Å². The maximum atomic E-state index is 12.7. The van der Waals surface area contributed by atoms with Crippen molar-refractivity contribution < 1.29 is 4.79 Å². The fourth-order valence-corrected chi connectivity index (χ4v) is 3.34. The zero-order valence-electron chi connectivity index (χ0n) is 11.4. The molecule has 0 radical (unpaired) electrons. The van der Waals surface area contributed by atoms with Crippen LogP contribution in [0.3, 0.4) is 0 Å². The van der Waals surface area contributed by atoms with Crippen LogP contribution in [0.5, 0.6) is 0 Å². The van der Waals surface area contributed by atoms with Crippen LogP contribution in [0, 0.1) is 11.8 Å². The number of hydrogen-bond acceptors (Lipinski definition) is 1. The van der Waals surface area contributed by atoms with Gasteiger partial charge in [0.25, 0.3) is 0 Å². The maximum Gasteiger partial charge on any atom is 0.166 e. The second-order valence-corrected chi connectivity index (χ2v) is 5.68. The smallest absolute Gasteiger partial charge is 0.166 e. The van der Waals surface area contributed by atoms with Crippen LogP contribution in [-0.2, 0) is 0 Å². The lowest BCUT2D eigenvalue weighted by Gasteiger charge is -2.11. The summed E-state index contributed by atoms with van der Waals surface area (Å²) >= 11 is 0. The van der Waals surface area contributed by atoms with E-state index in [0.29, 0.717) is 5.78 Å². The minimum absolute atomic E-state index is 0.246. The summed E-state index contributed by atoms with van der Waals surface area (Å²) in [5.74, 6) is 1.35. The van der Waals surface area contributed by atoms with Gasteiger partial charge in [-0.05, 0) is 36.0 Å². The van der Waals surface area contributed by atoms with Crippen molar-refractivity contribution in [2.24, 2.45) is 11.8 Å². The second kappa shape index (κ2) is 5.16. The first kappa shape index (κ1) is 12.4. The lowest BCUT2D eigenvalue weighted by Crippen LogP contribution is -2.12. The molecule has 0 saturated heterocycles. The highest BCUT2D eigenvalue weighted by Gasteiger charge is 2.29. The van der Waals surface area contributed by atoms with E-state index in [1.807, 2.05) is 24.3 Å². The topological polar surface area (TPSA) is 17.1 Å². The molecule has 1 nitrogen and oxygen atoms in total.